The van der Waals surface area contributed by atoms with Crippen molar-refractivity contribution in [1.82, 2.24) is 14.7 Å². The van der Waals surface area contributed by atoms with Gasteiger partial charge in [-0.25, -0.2) is 18.3 Å². The van der Waals surface area contributed by atoms with Crippen molar-refractivity contribution >= 4 is 5.97 Å². The number of likely N-dealkylation sites (tertiary alicyclic amines) is 1. The van der Waals surface area contributed by atoms with E-state index in [2.05, 4.69) is 5.10 Å². The van der Waals surface area contributed by atoms with E-state index in [0.717, 1.165) is 0 Å². The molecule has 1 saturated heterocycles. The zero-order valence-corrected chi connectivity index (χ0v) is 15.1. The lowest BCUT2D eigenvalue weighted by atomic mass is 10.0. The molecule has 1 atom stereocenters. The lowest BCUT2D eigenvalue weighted by Gasteiger charge is -2.38. The highest BCUT2D eigenvalue weighted by Gasteiger charge is 2.43. The molecule has 140 valence electrons. The summed E-state index contributed by atoms with van der Waals surface area (Å²) in [5.41, 5.74) is 0.733. The average molecular weight is 357 g/mol. The summed E-state index contributed by atoms with van der Waals surface area (Å²) in [6.07, 6.45) is 0.869. The number of hydrogen-bond acceptors (Lipinski definition) is 5. The lowest BCUT2D eigenvalue weighted by molar-refractivity contribution is -0.145. The van der Waals surface area contributed by atoms with Gasteiger partial charge in [-0.15, -0.1) is 0 Å². The molecule has 25 heavy (non-hydrogen) atoms. The molecular formula is C17H25F2N3O3. The van der Waals surface area contributed by atoms with Crippen molar-refractivity contribution in [1.29, 1.82) is 0 Å². The predicted octanol–water partition coefficient (Wildman–Crippen LogP) is 1.81. The van der Waals surface area contributed by atoms with Crippen molar-refractivity contribution in [3.63, 3.8) is 0 Å². The molecule has 0 radical (unpaired) electrons. The maximum Gasteiger partial charge on any atom is 0.330 e. The Morgan fingerprint density at radius 2 is 2.04 bits per heavy atom. The third-order valence-electron chi connectivity index (χ3n) is 4.22. The van der Waals surface area contributed by atoms with Crippen LogP contribution in [0, 0.1) is 12.8 Å². The minimum absolute atomic E-state index is 0.171. The number of ether oxygens (including phenoxy) is 1. The van der Waals surface area contributed by atoms with Crippen molar-refractivity contribution in [2.75, 3.05) is 26.7 Å². The minimum Gasteiger partial charge on any atom is -0.467 e. The number of carbonyl (C=O) groups is 1. The van der Waals surface area contributed by atoms with Crippen LogP contribution in [-0.4, -0.2) is 53.3 Å². The molecule has 1 aromatic rings. The van der Waals surface area contributed by atoms with Crippen LogP contribution in [-0.2, 0) is 16.0 Å². The molecule has 0 bridgehead atoms. The number of methoxy groups -OCH3 is 1. The van der Waals surface area contributed by atoms with Gasteiger partial charge in [0.2, 0.25) is 0 Å². The fraction of sp³-hybridized carbons (Fsp3) is 0.706. The van der Waals surface area contributed by atoms with Gasteiger partial charge in [-0.1, -0.05) is 13.8 Å². The summed E-state index contributed by atoms with van der Waals surface area (Å²) in [5.74, 6) is -2.94. The molecule has 0 N–H and O–H groups in total. The second kappa shape index (κ2) is 7.59. The van der Waals surface area contributed by atoms with Crippen LogP contribution < -0.4 is 5.56 Å². The van der Waals surface area contributed by atoms with E-state index in [1.54, 1.807) is 17.9 Å². The van der Waals surface area contributed by atoms with E-state index >= 15 is 0 Å². The summed E-state index contributed by atoms with van der Waals surface area (Å²) in [5, 5.41) is 4.31. The Bertz CT molecular complexity index is 680. The molecule has 1 aliphatic rings. The zero-order valence-electron chi connectivity index (χ0n) is 15.1. The molecule has 1 fully saturated rings. The summed E-state index contributed by atoms with van der Waals surface area (Å²) in [4.78, 5) is 26.2. The summed E-state index contributed by atoms with van der Waals surface area (Å²) >= 11 is 0. The van der Waals surface area contributed by atoms with E-state index in [4.69, 9.17) is 4.74 Å². The molecule has 8 heteroatoms. The first-order valence-electron chi connectivity index (χ1n) is 8.40. The van der Waals surface area contributed by atoms with Gasteiger partial charge in [0.15, 0.2) is 6.04 Å². The van der Waals surface area contributed by atoms with Crippen LogP contribution in [0.4, 0.5) is 8.78 Å². The Morgan fingerprint density at radius 1 is 1.40 bits per heavy atom. The minimum atomic E-state index is -2.60. The van der Waals surface area contributed by atoms with Gasteiger partial charge in [-0.2, -0.15) is 5.10 Å². The Balaban J connectivity index is 2.20. The molecule has 0 aliphatic carbocycles. The molecular weight excluding hydrogens is 332 g/mol. The number of alkyl halides is 2. The molecule has 0 amide bonds. The number of aryl methyl sites for hydroxylation is 1. The Morgan fingerprint density at radius 3 is 2.56 bits per heavy atom. The summed E-state index contributed by atoms with van der Waals surface area (Å²) < 4.78 is 31.8. The third kappa shape index (κ3) is 4.84. The van der Waals surface area contributed by atoms with Crippen molar-refractivity contribution in [2.45, 2.75) is 45.6 Å². The van der Waals surface area contributed by atoms with Gasteiger partial charge in [-0.05, 0) is 25.3 Å². The van der Waals surface area contributed by atoms with Crippen molar-refractivity contribution in [3.05, 3.63) is 27.7 Å². The molecule has 2 heterocycles. The number of esters is 1. The van der Waals surface area contributed by atoms with Crippen LogP contribution in [0.2, 0.25) is 0 Å². The van der Waals surface area contributed by atoms with Gasteiger partial charge < -0.3 is 4.74 Å². The van der Waals surface area contributed by atoms with E-state index in [-0.39, 0.29) is 24.6 Å². The van der Waals surface area contributed by atoms with E-state index in [1.807, 2.05) is 13.8 Å². The van der Waals surface area contributed by atoms with Crippen LogP contribution in [0.15, 0.2) is 10.9 Å². The van der Waals surface area contributed by atoms with Gasteiger partial charge in [0.25, 0.3) is 11.5 Å². The maximum atomic E-state index is 12.9. The molecule has 2 rings (SSSR count). The largest absolute Gasteiger partial charge is 0.467 e. The van der Waals surface area contributed by atoms with Crippen molar-refractivity contribution < 1.29 is 18.3 Å². The first kappa shape index (κ1) is 19.5. The number of hydrogen-bond donors (Lipinski definition) is 0. The first-order chi connectivity index (χ1) is 11.6. The number of halogens is 2. The fourth-order valence-electron chi connectivity index (χ4n) is 2.96. The quantitative estimate of drug-likeness (QED) is 0.697. The standard InChI is InChI=1S/C17H25F2N3O3/c1-11(2)7-14(16(24)25-4)22-15(23)12(3)8-13(20-22)5-6-21-9-17(18,19)10-21/h8,11,14H,5-7,9-10H2,1-4H3. The van der Waals surface area contributed by atoms with E-state index in [9.17, 15) is 18.4 Å². The van der Waals surface area contributed by atoms with Crippen molar-refractivity contribution in [3.8, 4) is 0 Å². The van der Waals surface area contributed by atoms with Crippen LogP contribution in [0.5, 0.6) is 0 Å². The van der Waals surface area contributed by atoms with Crippen LogP contribution in [0.3, 0.4) is 0 Å². The highest BCUT2D eigenvalue weighted by atomic mass is 19.3. The number of rotatable bonds is 7. The lowest BCUT2D eigenvalue weighted by Crippen LogP contribution is -2.56. The van der Waals surface area contributed by atoms with Crippen LogP contribution >= 0.6 is 0 Å². The summed E-state index contributed by atoms with van der Waals surface area (Å²) in [6, 6.07) is 0.866. The number of nitrogens with zero attached hydrogens (tertiary/aromatic N) is 3. The van der Waals surface area contributed by atoms with E-state index < -0.39 is 17.9 Å². The molecule has 0 saturated carbocycles. The van der Waals surface area contributed by atoms with Gasteiger partial charge in [0.05, 0.1) is 25.9 Å². The van der Waals surface area contributed by atoms with Crippen molar-refractivity contribution in [2.24, 2.45) is 5.92 Å². The fourth-order valence-corrected chi connectivity index (χ4v) is 2.96. The second-order valence-corrected chi connectivity index (χ2v) is 7.05. The number of aromatic nitrogens is 2. The highest BCUT2D eigenvalue weighted by molar-refractivity contribution is 5.73. The average Bonchev–Trinajstić information content (AvgIpc) is 2.50. The Kier molecular flexibility index (Phi) is 5.92. The van der Waals surface area contributed by atoms with Gasteiger partial charge in [-0.3, -0.25) is 9.69 Å². The smallest absolute Gasteiger partial charge is 0.330 e. The maximum absolute atomic E-state index is 12.9. The zero-order chi connectivity index (χ0) is 18.8. The van der Waals surface area contributed by atoms with Gasteiger partial charge in [0, 0.05) is 18.5 Å². The molecule has 0 aromatic carbocycles. The van der Waals surface area contributed by atoms with E-state index in [0.29, 0.717) is 30.6 Å². The SMILES string of the molecule is COC(=O)C(CC(C)C)n1nc(CCN2CC(F)(F)C2)cc(C)c1=O. The Hall–Kier alpha value is -1.83. The molecule has 1 aliphatic heterocycles. The van der Waals surface area contributed by atoms with Gasteiger partial charge in [0.1, 0.15) is 0 Å². The third-order valence-corrected chi connectivity index (χ3v) is 4.22. The molecule has 6 nitrogen and oxygen atoms in total. The van der Waals surface area contributed by atoms with Crippen LogP contribution in [0.25, 0.3) is 0 Å². The van der Waals surface area contributed by atoms with E-state index in [1.165, 1.54) is 11.8 Å². The molecule has 0 spiro atoms. The molecule has 1 unspecified atom stereocenters. The first-order valence-corrected chi connectivity index (χ1v) is 8.40. The topological polar surface area (TPSA) is 64.4 Å². The highest BCUT2D eigenvalue weighted by Crippen LogP contribution is 2.26. The summed E-state index contributed by atoms with van der Waals surface area (Å²) in [6.45, 7) is 5.50. The normalized spacial score (nSPS) is 18.0. The predicted molar refractivity (Wildman–Crippen MR) is 88.8 cm³/mol. The second-order valence-electron chi connectivity index (χ2n) is 7.05. The Labute approximate surface area is 145 Å². The summed E-state index contributed by atoms with van der Waals surface area (Å²) in [7, 11) is 1.28. The van der Waals surface area contributed by atoms with Crippen LogP contribution in [0.1, 0.15) is 37.6 Å². The monoisotopic (exact) mass is 357 g/mol. The number of carbonyl (C=O) groups excluding carboxylic acids is 1. The molecule has 1 aromatic heterocycles. The van der Waals surface area contributed by atoms with Gasteiger partial charge >= 0.3 is 5.97 Å².